The highest BCUT2D eigenvalue weighted by Crippen LogP contribution is 2.16. The second-order valence-corrected chi connectivity index (χ2v) is 6.57. The van der Waals surface area contributed by atoms with E-state index in [1.54, 1.807) is 30.6 Å². The standard InChI is InChI=1S/C24H21N2O5/c27-15-22(26-24(29)31-17-19-9-5-2-6-10-19)20-11-13-21(14-12-20)25-23(28)30-16-18-7-3-1-4-8-18/h1-14,22H,16-17H2,(H,25,28)(H,26,29). The molecule has 1 radical (unpaired) electrons. The van der Waals surface area contributed by atoms with Gasteiger partial charge in [-0.05, 0) is 28.8 Å². The maximum Gasteiger partial charge on any atom is 0.411 e. The molecule has 3 aromatic carbocycles. The van der Waals surface area contributed by atoms with Gasteiger partial charge < -0.3 is 14.8 Å². The van der Waals surface area contributed by atoms with E-state index in [2.05, 4.69) is 10.6 Å². The first kappa shape index (κ1) is 21.6. The SMILES string of the molecule is O=[C]C(NC(=O)OCc1ccccc1)c1ccc(NC(=O)OCc2ccccc2)cc1. The Morgan fingerprint density at radius 1 is 0.742 bits per heavy atom. The number of rotatable bonds is 8. The van der Waals surface area contributed by atoms with Gasteiger partial charge in [0.1, 0.15) is 19.3 Å². The van der Waals surface area contributed by atoms with Gasteiger partial charge in [-0.3, -0.25) is 10.1 Å². The number of hydrogen-bond acceptors (Lipinski definition) is 5. The van der Waals surface area contributed by atoms with Crippen molar-refractivity contribution in [2.75, 3.05) is 5.32 Å². The molecule has 0 aliphatic carbocycles. The Balaban J connectivity index is 1.48. The third-order valence-electron chi connectivity index (χ3n) is 4.30. The van der Waals surface area contributed by atoms with Crippen LogP contribution in [0.1, 0.15) is 22.7 Å². The average Bonchev–Trinajstić information content (AvgIpc) is 2.82. The second kappa shape index (κ2) is 11.2. The first-order valence-corrected chi connectivity index (χ1v) is 9.56. The Bertz CT molecular complexity index is 991. The fourth-order valence-electron chi connectivity index (χ4n) is 2.70. The Morgan fingerprint density at radius 2 is 1.26 bits per heavy atom. The maximum atomic E-state index is 12.0. The van der Waals surface area contributed by atoms with Gasteiger partial charge in [-0.2, -0.15) is 0 Å². The topological polar surface area (TPSA) is 93.7 Å². The summed E-state index contributed by atoms with van der Waals surface area (Å²) in [7, 11) is 0. The molecule has 1 unspecified atom stereocenters. The average molecular weight is 417 g/mol. The van der Waals surface area contributed by atoms with Gasteiger partial charge in [0.05, 0.1) is 0 Å². The summed E-state index contributed by atoms with van der Waals surface area (Å²) in [6, 6.07) is 23.9. The zero-order valence-electron chi connectivity index (χ0n) is 16.6. The van der Waals surface area contributed by atoms with Gasteiger partial charge in [0.15, 0.2) is 0 Å². The first-order valence-electron chi connectivity index (χ1n) is 9.56. The molecule has 0 saturated heterocycles. The van der Waals surface area contributed by atoms with Crippen molar-refractivity contribution >= 4 is 24.2 Å². The zero-order chi connectivity index (χ0) is 21.9. The minimum Gasteiger partial charge on any atom is -0.445 e. The summed E-state index contributed by atoms with van der Waals surface area (Å²) in [5.41, 5.74) is 2.69. The molecule has 0 fully saturated rings. The Kier molecular flexibility index (Phi) is 7.77. The Labute approximate surface area is 180 Å². The summed E-state index contributed by atoms with van der Waals surface area (Å²) < 4.78 is 10.3. The quantitative estimate of drug-likeness (QED) is 0.562. The highest BCUT2D eigenvalue weighted by Gasteiger charge is 2.16. The lowest BCUT2D eigenvalue weighted by Crippen LogP contribution is -2.30. The largest absolute Gasteiger partial charge is 0.445 e. The summed E-state index contributed by atoms with van der Waals surface area (Å²) >= 11 is 0. The van der Waals surface area contributed by atoms with E-state index in [0.29, 0.717) is 11.3 Å². The predicted octanol–water partition coefficient (Wildman–Crippen LogP) is 4.51. The third kappa shape index (κ3) is 7.01. The van der Waals surface area contributed by atoms with Crippen LogP contribution in [0.3, 0.4) is 0 Å². The van der Waals surface area contributed by atoms with E-state index >= 15 is 0 Å². The molecule has 31 heavy (non-hydrogen) atoms. The molecule has 2 amide bonds. The van der Waals surface area contributed by atoms with Crippen LogP contribution in [0.25, 0.3) is 0 Å². The fourth-order valence-corrected chi connectivity index (χ4v) is 2.70. The van der Waals surface area contributed by atoms with Gasteiger partial charge in [0.25, 0.3) is 0 Å². The highest BCUT2D eigenvalue weighted by atomic mass is 16.6. The van der Waals surface area contributed by atoms with Gasteiger partial charge in [0, 0.05) is 5.69 Å². The van der Waals surface area contributed by atoms with Crippen LogP contribution in [0.2, 0.25) is 0 Å². The van der Waals surface area contributed by atoms with Crippen LogP contribution in [0.5, 0.6) is 0 Å². The lowest BCUT2D eigenvalue weighted by molar-refractivity contribution is 0.138. The summed E-state index contributed by atoms with van der Waals surface area (Å²) in [6.45, 7) is 0.244. The third-order valence-corrected chi connectivity index (χ3v) is 4.30. The van der Waals surface area contributed by atoms with E-state index in [0.717, 1.165) is 11.1 Å². The number of hydrogen-bond donors (Lipinski definition) is 2. The number of ether oxygens (including phenoxy) is 2. The van der Waals surface area contributed by atoms with Crippen molar-refractivity contribution in [1.29, 1.82) is 0 Å². The van der Waals surface area contributed by atoms with E-state index in [9.17, 15) is 14.4 Å². The summed E-state index contributed by atoms with van der Waals surface area (Å²) in [6.07, 6.45) is 0.440. The Hall–Kier alpha value is -4.13. The molecule has 0 bridgehead atoms. The van der Waals surface area contributed by atoms with E-state index < -0.39 is 18.2 Å². The van der Waals surface area contributed by atoms with E-state index in [1.807, 2.05) is 60.7 Å². The molecule has 1 atom stereocenters. The minimum absolute atomic E-state index is 0.0895. The molecule has 0 aliphatic heterocycles. The molecule has 3 aromatic rings. The molecule has 157 valence electrons. The number of nitrogens with one attached hydrogen (secondary N) is 2. The number of carbonyl (C=O) groups excluding carboxylic acids is 3. The summed E-state index contributed by atoms with van der Waals surface area (Å²) in [5, 5.41) is 5.06. The van der Waals surface area contributed by atoms with Crippen LogP contribution in [-0.2, 0) is 27.5 Å². The highest BCUT2D eigenvalue weighted by molar-refractivity contribution is 5.84. The predicted molar refractivity (Wildman–Crippen MR) is 115 cm³/mol. The van der Waals surface area contributed by atoms with Crippen molar-refractivity contribution in [3.63, 3.8) is 0 Å². The summed E-state index contributed by atoms with van der Waals surface area (Å²) in [5.74, 6) is 0. The van der Waals surface area contributed by atoms with Crippen LogP contribution in [0.4, 0.5) is 15.3 Å². The van der Waals surface area contributed by atoms with E-state index in [1.165, 1.54) is 0 Å². The smallest absolute Gasteiger partial charge is 0.411 e. The van der Waals surface area contributed by atoms with Crippen LogP contribution >= 0.6 is 0 Å². The fraction of sp³-hybridized carbons (Fsp3) is 0.125. The van der Waals surface area contributed by atoms with Crippen molar-refractivity contribution < 1.29 is 23.9 Å². The number of anilines is 1. The molecule has 0 spiro atoms. The van der Waals surface area contributed by atoms with E-state index in [-0.39, 0.29) is 13.2 Å². The monoisotopic (exact) mass is 417 g/mol. The van der Waals surface area contributed by atoms with Crippen LogP contribution in [0, 0.1) is 0 Å². The Morgan fingerprint density at radius 3 is 1.77 bits per heavy atom. The van der Waals surface area contributed by atoms with Crippen molar-refractivity contribution in [3.8, 4) is 0 Å². The number of benzene rings is 3. The van der Waals surface area contributed by atoms with Crippen LogP contribution in [-0.4, -0.2) is 18.5 Å². The molecular formula is C24H21N2O5. The van der Waals surface area contributed by atoms with Gasteiger partial charge in [-0.25, -0.2) is 9.59 Å². The molecule has 0 aliphatic rings. The van der Waals surface area contributed by atoms with Crippen molar-refractivity contribution in [2.45, 2.75) is 19.3 Å². The number of carbonyl (C=O) groups is 2. The molecule has 2 N–H and O–H groups in total. The van der Waals surface area contributed by atoms with Crippen molar-refractivity contribution in [3.05, 3.63) is 102 Å². The molecule has 3 rings (SSSR count). The van der Waals surface area contributed by atoms with Gasteiger partial charge in [0.2, 0.25) is 6.29 Å². The van der Waals surface area contributed by atoms with Crippen LogP contribution in [0.15, 0.2) is 84.9 Å². The lowest BCUT2D eigenvalue weighted by atomic mass is 10.1. The van der Waals surface area contributed by atoms with Crippen molar-refractivity contribution in [2.24, 2.45) is 0 Å². The molecular weight excluding hydrogens is 396 g/mol. The van der Waals surface area contributed by atoms with Gasteiger partial charge >= 0.3 is 12.2 Å². The molecule has 7 nitrogen and oxygen atoms in total. The molecule has 7 heteroatoms. The first-order chi connectivity index (χ1) is 15.1. The summed E-state index contributed by atoms with van der Waals surface area (Å²) in [4.78, 5) is 35.2. The number of amides is 2. The normalized spacial score (nSPS) is 11.1. The maximum absolute atomic E-state index is 12.0. The van der Waals surface area contributed by atoms with E-state index in [4.69, 9.17) is 9.47 Å². The lowest BCUT2D eigenvalue weighted by Gasteiger charge is -2.13. The molecule has 0 heterocycles. The van der Waals surface area contributed by atoms with Gasteiger partial charge in [-0.15, -0.1) is 0 Å². The zero-order valence-corrected chi connectivity index (χ0v) is 16.6. The molecule has 0 saturated carbocycles. The van der Waals surface area contributed by atoms with Crippen LogP contribution < -0.4 is 10.6 Å². The van der Waals surface area contributed by atoms with Gasteiger partial charge in [-0.1, -0.05) is 72.8 Å². The van der Waals surface area contributed by atoms with Crippen molar-refractivity contribution in [1.82, 2.24) is 5.32 Å². The minimum atomic E-state index is -0.998. The molecule has 0 aromatic heterocycles. The second-order valence-electron chi connectivity index (χ2n) is 6.57. The number of alkyl carbamates (subject to hydrolysis) is 1.